The van der Waals surface area contributed by atoms with Crippen molar-refractivity contribution >= 4 is 5.91 Å². The average Bonchev–Trinajstić information content (AvgIpc) is 2.32. The molecule has 0 aromatic heterocycles. The van der Waals surface area contributed by atoms with Crippen LogP contribution in [0.3, 0.4) is 0 Å². The number of ether oxygens (including phenoxy) is 1. The van der Waals surface area contributed by atoms with Gasteiger partial charge in [0.1, 0.15) is 12.2 Å². The van der Waals surface area contributed by atoms with Crippen molar-refractivity contribution in [3.05, 3.63) is 0 Å². The maximum absolute atomic E-state index is 10.5. The van der Waals surface area contributed by atoms with E-state index in [0.717, 1.165) is 0 Å². The summed E-state index contributed by atoms with van der Waals surface area (Å²) in [6.45, 7) is 0.105. The van der Waals surface area contributed by atoms with Crippen LogP contribution in [0.15, 0.2) is 0 Å². The Labute approximate surface area is 75.5 Å². The van der Waals surface area contributed by atoms with Crippen molar-refractivity contribution in [1.29, 1.82) is 0 Å². The van der Waals surface area contributed by atoms with Gasteiger partial charge in [0.05, 0.1) is 18.6 Å². The first kappa shape index (κ1) is 10.4. The van der Waals surface area contributed by atoms with Crippen LogP contribution in [0.2, 0.25) is 0 Å². The minimum absolute atomic E-state index is 0.102. The molecule has 6 N–H and O–H groups in total. The van der Waals surface area contributed by atoms with Crippen LogP contribution in [0.25, 0.3) is 0 Å². The highest BCUT2D eigenvalue weighted by Crippen LogP contribution is 2.22. The molecule has 13 heavy (non-hydrogen) atoms. The van der Waals surface area contributed by atoms with E-state index in [2.05, 4.69) is 0 Å². The summed E-state index contributed by atoms with van der Waals surface area (Å²) >= 11 is 0. The Morgan fingerprint density at radius 3 is 2.23 bits per heavy atom. The summed E-state index contributed by atoms with van der Waals surface area (Å²) in [5, 5.41) is 18.7. The second kappa shape index (κ2) is 4.01. The van der Waals surface area contributed by atoms with Crippen molar-refractivity contribution in [3.8, 4) is 0 Å². The van der Waals surface area contributed by atoms with Crippen LogP contribution in [-0.4, -0.2) is 47.1 Å². The first-order chi connectivity index (χ1) is 6.06. The molecule has 76 valence electrons. The molecular weight excluding hydrogens is 176 g/mol. The fourth-order valence-corrected chi connectivity index (χ4v) is 1.39. The highest BCUT2D eigenvalue weighted by atomic mass is 16.5. The van der Waals surface area contributed by atoms with Crippen molar-refractivity contribution in [2.75, 3.05) is 6.54 Å². The summed E-state index contributed by atoms with van der Waals surface area (Å²) in [7, 11) is 0. The van der Waals surface area contributed by atoms with Crippen LogP contribution < -0.4 is 11.5 Å². The Balaban J connectivity index is 2.55. The van der Waals surface area contributed by atoms with E-state index in [0.29, 0.717) is 0 Å². The lowest BCUT2D eigenvalue weighted by molar-refractivity contribution is -0.121. The number of carbonyl (C=O) groups is 1. The molecule has 1 aliphatic heterocycles. The van der Waals surface area contributed by atoms with Crippen LogP contribution in [0, 0.1) is 0 Å². The number of hydrogen-bond donors (Lipinski definition) is 4. The van der Waals surface area contributed by atoms with E-state index in [9.17, 15) is 15.0 Å². The fraction of sp³-hybridized carbons (Fsp3) is 0.857. The van der Waals surface area contributed by atoms with Gasteiger partial charge in [-0.25, -0.2) is 0 Å². The van der Waals surface area contributed by atoms with Crippen molar-refractivity contribution in [1.82, 2.24) is 0 Å². The lowest BCUT2D eigenvalue weighted by Gasteiger charge is -2.11. The molecule has 0 bridgehead atoms. The van der Waals surface area contributed by atoms with Gasteiger partial charge in [-0.3, -0.25) is 4.79 Å². The second-order valence-electron chi connectivity index (χ2n) is 3.10. The smallest absolute Gasteiger partial charge is 0.220 e. The zero-order valence-corrected chi connectivity index (χ0v) is 7.09. The van der Waals surface area contributed by atoms with Gasteiger partial charge < -0.3 is 26.4 Å². The maximum Gasteiger partial charge on any atom is 0.220 e. The number of aliphatic hydroxyl groups excluding tert-OH is 2. The number of carbonyl (C=O) groups excluding carboxylic acids is 1. The monoisotopic (exact) mass is 190 g/mol. The number of amides is 1. The lowest BCUT2D eigenvalue weighted by atomic mass is 10.1. The minimum Gasteiger partial charge on any atom is -0.388 e. The second-order valence-corrected chi connectivity index (χ2v) is 3.10. The Kier molecular flexibility index (Phi) is 3.21. The molecule has 0 saturated carbocycles. The third-order valence-electron chi connectivity index (χ3n) is 2.10. The van der Waals surface area contributed by atoms with Crippen molar-refractivity contribution in [2.45, 2.75) is 30.8 Å². The molecule has 0 spiro atoms. The number of primary amides is 1. The molecule has 0 aromatic carbocycles. The summed E-state index contributed by atoms with van der Waals surface area (Å²) in [5.41, 5.74) is 10.2. The third kappa shape index (κ3) is 2.16. The zero-order chi connectivity index (χ0) is 10.0. The highest BCUT2D eigenvalue weighted by molar-refractivity contribution is 5.74. The van der Waals surface area contributed by atoms with Crippen molar-refractivity contribution in [3.63, 3.8) is 0 Å². The van der Waals surface area contributed by atoms with E-state index in [1.165, 1.54) is 0 Å². The summed E-state index contributed by atoms with van der Waals surface area (Å²) < 4.78 is 5.12. The molecule has 6 nitrogen and oxygen atoms in total. The Bertz CT molecular complexity index is 199. The van der Waals surface area contributed by atoms with Crippen molar-refractivity contribution < 1.29 is 19.7 Å². The number of rotatable bonds is 3. The molecule has 1 fully saturated rings. The van der Waals surface area contributed by atoms with Gasteiger partial charge in [0.25, 0.3) is 0 Å². The molecule has 0 radical (unpaired) electrons. The Morgan fingerprint density at radius 2 is 1.85 bits per heavy atom. The molecule has 1 heterocycles. The van der Waals surface area contributed by atoms with Gasteiger partial charge in [-0.05, 0) is 0 Å². The van der Waals surface area contributed by atoms with Gasteiger partial charge in [-0.1, -0.05) is 0 Å². The number of nitrogens with two attached hydrogens (primary N) is 2. The first-order valence-electron chi connectivity index (χ1n) is 4.06. The highest BCUT2D eigenvalue weighted by Gasteiger charge is 2.42. The average molecular weight is 190 g/mol. The van der Waals surface area contributed by atoms with E-state index >= 15 is 0 Å². The minimum atomic E-state index is -1.08. The first-order valence-corrected chi connectivity index (χ1v) is 4.06. The quantitative estimate of drug-likeness (QED) is 0.386. The van der Waals surface area contributed by atoms with E-state index in [-0.39, 0.29) is 13.0 Å². The van der Waals surface area contributed by atoms with Crippen LogP contribution >= 0.6 is 0 Å². The zero-order valence-electron chi connectivity index (χ0n) is 7.09. The molecule has 1 saturated heterocycles. The standard InChI is InChI=1S/C7H14N2O4/c8-2-4-7(12)6(11)3(13-4)1-5(9)10/h3-4,6-7,11-12H,1-2,8H2,(H2,9,10)/t3-,4-,6-,7-/m1/s1. The van der Waals surface area contributed by atoms with Crippen LogP contribution in [0.5, 0.6) is 0 Å². The molecule has 1 amide bonds. The van der Waals surface area contributed by atoms with Gasteiger partial charge in [-0.2, -0.15) is 0 Å². The van der Waals surface area contributed by atoms with E-state index < -0.39 is 30.3 Å². The molecule has 0 aliphatic carbocycles. The van der Waals surface area contributed by atoms with Crippen molar-refractivity contribution in [2.24, 2.45) is 11.5 Å². The van der Waals surface area contributed by atoms with E-state index in [1.54, 1.807) is 0 Å². The number of aliphatic hydroxyl groups is 2. The van der Waals surface area contributed by atoms with Crippen LogP contribution in [0.1, 0.15) is 6.42 Å². The lowest BCUT2D eigenvalue weighted by Crippen LogP contribution is -2.36. The molecule has 0 unspecified atom stereocenters. The largest absolute Gasteiger partial charge is 0.388 e. The summed E-state index contributed by atoms with van der Waals surface area (Å²) in [6, 6.07) is 0. The third-order valence-corrected chi connectivity index (χ3v) is 2.10. The molecular formula is C7H14N2O4. The molecule has 1 rings (SSSR count). The molecule has 0 aromatic rings. The van der Waals surface area contributed by atoms with Gasteiger partial charge in [-0.15, -0.1) is 0 Å². The predicted octanol–water partition coefficient (Wildman–Crippen LogP) is -2.69. The summed E-state index contributed by atoms with van der Waals surface area (Å²) in [4.78, 5) is 10.5. The predicted molar refractivity (Wildman–Crippen MR) is 43.5 cm³/mol. The number of hydrogen-bond acceptors (Lipinski definition) is 5. The van der Waals surface area contributed by atoms with E-state index in [1.807, 2.05) is 0 Å². The Hall–Kier alpha value is -0.690. The normalized spacial score (nSPS) is 39.3. The van der Waals surface area contributed by atoms with Crippen LogP contribution in [0.4, 0.5) is 0 Å². The maximum atomic E-state index is 10.5. The molecule has 1 aliphatic rings. The Morgan fingerprint density at radius 1 is 1.31 bits per heavy atom. The molecule has 6 heteroatoms. The SMILES string of the molecule is NC[C@H]1O[C@H](CC(N)=O)[C@@H](O)[C@@H]1O. The summed E-state index contributed by atoms with van der Waals surface area (Å²) in [5.74, 6) is -0.575. The van der Waals surface area contributed by atoms with E-state index in [4.69, 9.17) is 16.2 Å². The van der Waals surface area contributed by atoms with Gasteiger partial charge in [0.2, 0.25) is 5.91 Å². The van der Waals surface area contributed by atoms with Crippen LogP contribution in [-0.2, 0) is 9.53 Å². The topological polar surface area (TPSA) is 119 Å². The fourth-order valence-electron chi connectivity index (χ4n) is 1.39. The van der Waals surface area contributed by atoms with Gasteiger partial charge in [0, 0.05) is 6.54 Å². The van der Waals surface area contributed by atoms with Gasteiger partial charge >= 0.3 is 0 Å². The summed E-state index contributed by atoms with van der Waals surface area (Å²) in [6.07, 6.45) is -3.56. The molecule has 4 atom stereocenters. The van der Waals surface area contributed by atoms with Gasteiger partial charge in [0.15, 0.2) is 0 Å².